The number of ether oxygens (including phenoxy) is 1. The molecule has 1 saturated carbocycles. The van der Waals surface area contributed by atoms with Crippen molar-refractivity contribution in [2.75, 3.05) is 11.9 Å². The van der Waals surface area contributed by atoms with Gasteiger partial charge >= 0.3 is 5.97 Å². The normalized spacial score (nSPS) is 14.0. The fraction of sp³-hybridized carbons (Fsp3) is 0.400. The van der Waals surface area contributed by atoms with E-state index in [4.69, 9.17) is 4.74 Å². The molecule has 2 aromatic heterocycles. The Balaban J connectivity index is 1.90. The molecule has 0 amide bonds. The minimum Gasteiger partial charge on any atom is -0.462 e. The lowest BCUT2D eigenvalue weighted by Crippen LogP contribution is -2.10. The van der Waals surface area contributed by atoms with E-state index >= 15 is 0 Å². The van der Waals surface area contributed by atoms with Gasteiger partial charge in [-0.25, -0.2) is 14.8 Å². The Labute approximate surface area is 136 Å². The summed E-state index contributed by atoms with van der Waals surface area (Å²) in [6.07, 6.45) is 3.92. The van der Waals surface area contributed by atoms with Crippen LogP contribution >= 0.6 is 15.9 Å². The lowest BCUT2D eigenvalue weighted by molar-refractivity contribution is 0.0526. The topological polar surface area (TPSA) is 79.9 Å². The Bertz CT molecular complexity index is 710. The molecule has 22 heavy (non-hydrogen) atoms. The zero-order chi connectivity index (χ0) is 15.7. The first-order valence-electron chi connectivity index (χ1n) is 7.24. The zero-order valence-corrected chi connectivity index (χ0v) is 14.0. The molecular weight excluding hydrogens is 348 g/mol. The highest BCUT2D eigenvalue weighted by atomic mass is 79.9. The van der Waals surface area contributed by atoms with Crippen molar-refractivity contribution in [2.45, 2.75) is 32.6 Å². The number of aromatic nitrogens is 3. The second-order valence-corrected chi connectivity index (χ2v) is 5.99. The van der Waals surface area contributed by atoms with E-state index in [0.717, 1.165) is 11.4 Å². The third-order valence-corrected chi connectivity index (χ3v) is 3.94. The first-order chi connectivity index (χ1) is 10.6. The van der Waals surface area contributed by atoms with Gasteiger partial charge in [0.2, 0.25) is 0 Å². The summed E-state index contributed by atoms with van der Waals surface area (Å²) in [5.74, 6) is 0.633. The van der Waals surface area contributed by atoms with E-state index in [9.17, 15) is 4.79 Å². The fourth-order valence-corrected chi connectivity index (χ4v) is 2.55. The SMILES string of the molecule is CCOC(=O)c1cnc(Br)nc1Nc1cc(C2CC2)[nH]c1C. The quantitative estimate of drug-likeness (QED) is 0.624. The van der Waals surface area contributed by atoms with Crippen molar-refractivity contribution in [3.8, 4) is 0 Å². The van der Waals surface area contributed by atoms with E-state index in [-0.39, 0.29) is 0 Å². The molecule has 2 aromatic rings. The molecule has 1 aliphatic carbocycles. The van der Waals surface area contributed by atoms with Gasteiger partial charge in [-0.1, -0.05) is 0 Å². The minimum absolute atomic E-state index is 0.309. The van der Waals surface area contributed by atoms with Crippen LogP contribution in [0.1, 0.15) is 47.4 Å². The maximum atomic E-state index is 12.0. The van der Waals surface area contributed by atoms with E-state index in [0.29, 0.717) is 28.6 Å². The second kappa shape index (κ2) is 6.08. The van der Waals surface area contributed by atoms with Gasteiger partial charge in [-0.05, 0) is 54.6 Å². The molecule has 1 aliphatic rings. The van der Waals surface area contributed by atoms with Crippen LogP contribution in [0, 0.1) is 6.92 Å². The molecule has 6 nitrogen and oxygen atoms in total. The highest BCUT2D eigenvalue weighted by Gasteiger charge is 2.26. The number of aryl methyl sites for hydroxylation is 1. The number of hydrogen-bond acceptors (Lipinski definition) is 5. The number of hydrogen-bond donors (Lipinski definition) is 2. The molecule has 0 atom stereocenters. The summed E-state index contributed by atoms with van der Waals surface area (Å²) in [6.45, 7) is 4.07. The van der Waals surface area contributed by atoms with Crippen molar-refractivity contribution < 1.29 is 9.53 Å². The van der Waals surface area contributed by atoms with Gasteiger partial charge in [-0.15, -0.1) is 0 Å². The molecule has 0 aromatic carbocycles. The van der Waals surface area contributed by atoms with Gasteiger partial charge in [0, 0.05) is 17.6 Å². The summed E-state index contributed by atoms with van der Waals surface area (Å²) in [5, 5.41) is 3.21. The van der Waals surface area contributed by atoms with Crippen molar-refractivity contribution in [2.24, 2.45) is 0 Å². The van der Waals surface area contributed by atoms with Crippen LogP contribution in [-0.4, -0.2) is 27.5 Å². The first kappa shape index (κ1) is 15.0. The van der Waals surface area contributed by atoms with E-state index in [2.05, 4.69) is 42.3 Å². The molecule has 0 bridgehead atoms. The van der Waals surface area contributed by atoms with E-state index < -0.39 is 5.97 Å². The van der Waals surface area contributed by atoms with E-state index in [1.165, 1.54) is 24.7 Å². The molecule has 0 radical (unpaired) electrons. The summed E-state index contributed by atoms with van der Waals surface area (Å²) in [6, 6.07) is 2.08. The molecule has 3 rings (SSSR count). The number of esters is 1. The third-order valence-electron chi connectivity index (χ3n) is 3.56. The molecule has 0 aliphatic heterocycles. The molecule has 7 heteroatoms. The Morgan fingerprint density at radius 1 is 1.55 bits per heavy atom. The summed E-state index contributed by atoms with van der Waals surface area (Å²) in [5.41, 5.74) is 3.48. The van der Waals surface area contributed by atoms with E-state index in [1.807, 2.05) is 6.92 Å². The van der Waals surface area contributed by atoms with Crippen molar-refractivity contribution in [1.82, 2.24) is 15.0 Å². The summed E-state index contributed by atoms with van der Waals surface area (Å²) in [7, 11) is 0. The standard InChI is InChI=1S/C15H17BrN4O2/c1-3-22-14(21)10-7-17-15(16)20-13(10)19-11-6-12(9-4-5-9)18-8(11)2/h6-7,9,18H,3-5H2,1-2H3,(H,17,19,20). The maximum absolute atomic E-state index is 12.0. The average Bonchev–Trinajstić information content (AvgIpc) is 3.25. The number of nitrogens with zero attached hydrogens (tertiary/aromatic N) is 2. The minimum atomic E-state index is -0.437. The van der Waals surface area contributed by atoms with Gasteiger partial charge in [0.15, 0.2) is 4.73 Å². The lowest BCUT2D eigenvalue weighted by Gasteiger charge is -2.10. The van der Waals surface area contributed by atoms with Crippen molar-refractivity contribution >= 4 is 33.4 Å². The Hall–Kier alpha value is -1.89. The molecule has 2 heterocycles. The smallest absolute Gasteiger partial charge is 0.343 e. The summed E-state index contributed by atoms with van der Waals surface area (Å²) >= 11 is 3.23. The van der Waals surface area contributed by atoms with Crippen LogP contribution in [-0.2, 0) is 4.74 Å². The summed E-state index contributed by atoms with van der Waals surface area (Å²) < 4.78 is 5.46. The van der Waals surface area contributed by atoms with Crippen LogP contribution in [0.5, 0.6) is 0 Å². The molecule has 0 spiro atoms. The number of carbonyl (C=O) groups is 1. The van der Waals surface area contributed by atoms with Crippen LogP contribution in [0.4, 0.5) is 11.5 Å². The second-order valence-electron chi connectivity index (χ2n) is 5.28. The van der Waals surface area contributed by atoms with Crippen molar-refractivity contribution in [1.29, 1.82) is 0 Å². The third kappa shape index (κ3) is 3.14. The average molecular weight is 365 g/mol. The number of carbonyl (C=O) groups excluding carboxylic acids is 1. The number of halogens is 1. The number of rotatable bonds is 5. The molecule has 116 valence electrons. The molecule has 2 N–H and O–H groups in total. The summed E-state index contributed by atoms with van der Waals surface area (Å²) in [4.78, 5) is 23.7. The number of H-pyrrole nitrogens is 1. The van der Waals surface area contributed by atoms with Gasteiger partial charge in [-0.3, -0.25) is 0 Å². The van der Waals surface area contributed by atoms with Crippen LogP contribution < -0.4 is 5.32 Å². The predicted octanol–water partition coefficient (Wildman–Crippen LogP) is 3.67. The van der Waals surface area contributed by atoms with Crippen molar-refractivity contribution in [3.63, 3.8) is 0 Å². The van der Waals surface area contributed by atoms with Gasteiger partial charge in [-0.2, -0.15) is 0 Å². The number of anilines is 2. The Morgan fingerprint density at radius 3 is 3.00 bits per heavy atom. The maximum Gasteiger partial charge on any atom is 0.343 e. The lowest BCUT2D eigenvalue weighted by atomic mass is 10.2. The highest BCUT2D eigenvalue weighted by Crippen LogP contribution is 2.41. The molecule has 0 saturated heterocycles. The Kier molecular flexibility index (Phi) is 4.15. The van der Waals surface area contributed by atoms with Gasteiger partial charge in [0.05, 0.1) is 12.3 Å². The van der Waals surface area contributed by atoms with Gasteiger partial charge in [0.25, 0.3) is 0 Å². The molecule has 0 unspecified atom stereocenters. The van der Waals surface area contributed by atoms with Gasteiger partial charge < -0.3 is 15.0 Å². The zero-order valence-electron chi connectivity index (χ0n) is 12.4. The predicted molar refractivity (Wildman–Crippen MR) is 86.5 cm³/mol. The molecule has 1 fully saturated rings. The van der Waals surface area contributed by atoms with Crippen molar-refractivity contribution in [3.05, 3.63) is 33.9 Å². The monoisotopic (exact) mass is 364 g/mol. The number of aromatic amines is 1. The largest absolute Gasteiger partial charge is 0.462 e. The van der Waals surface area contributed by atoms with Crippen LogP contribution in [0.25, 0.3) is 0 Å². The number of nitrogens with one attached hydrogen (secondary N) is 2. The fourth-order valence-electron chi connectivity index (χ4n) is 2.27. The van der Waals surface area contributed by atoms with Crippen LogP contribution in [0.15, 0.2) is 17.0 Å². The van der Waals surface area contributed by atoms with E-state index in [1.54, 1.807) is 6.92 Å². The highest BCUT2D eigenvalue weighted by molar-refractivity contribution is 9.10. The molecular formula is C15H17BrN4O2. The van der Waals surface area contributed by atoms with Crippen LogP contribution in [0.3, 0.4) is 0 Å². The van der Waals surface area contributed by atoms with Gasteiger partial charge in [0.1, 0.15) is 11.4 Å². The first-order valence-corrected chi connectivity index (χ1v) is 8.04. The Morgan fingerprint density at radius 2 is 2.32 bits per heavy atom. The van der Waals surface area contributed by atoms with Crippen LogP contribution in [0.2, 0.25) is 0 Å².